The maximum Gasteiger partial charge on any atom is 0.333 e. The lowest BCUT2D eigenvalue weighted by atomic mass is 10.1. The molecule has 5 heteroatoms. The molecule has 0 radical (unpaired) electrons. The Bertz CT molecular complexity index is 480. The summed E-state index contributed by atoms with van der Waals surface area (Å²) in [5.41, 5.74) is 1.22. The molecule has 1 saturated carbocycles. The zero-order valence-electron chi connectivity index (χ0n) is 8.63. The molecule has 1 N–H and O–H groups in total. The van der Waals surface area contributed by atoms with Crippen LogP contribution in [0.5, 0.6) is 0 Å². The lowest BCUT2D eigenvalue weighted by Gasteiger charge is -2.28. The number of carboxylic acid groups (broad SMARTS) is 1. The van der Waals surface area contributed by atoms with Crippen molar-refractivity contribution in [2.45, 2.75) is 18.9 Å². The molecular weight excluding hydrogens is 206 g/mol. The van der Waals surface area contributed by atoms with Gasteiger partial charge < -0.3 is 10.0 Å². The molecule has 1 aromatic heterocycles. The SMILES string of the molecule is O=C(O)C1=Cc2cncnc2N(C2CC2)C1. The number of aliphatic carboxylic acids is 1. The van der Waals surface area contributed by atoms with Gasteiger partial charge in [0.25, 0.3) is 0 Å². The average molecular weight is 217 g/mol. The van der Waals surface area contributed by atoms with Crippen molar-refractivity contribution in [2.24, 2.45) is 0 Å². The molecule has 1 aliphatic heterocycles. The molecule has 3 rings (SSSR count). The highest BCUT2D eigenvalue weighted by Crippen LogP contribution is 2.35. The average Bonchev–Trinajstić information content (AvgIpc) is 3.11. The Morgan fingerprint density at radius 3 is 3.00 bits per heavy atom. The fraction of sp³-hybridized carbons (Fsp3) is 0.364. The van der Waals surface area contributed by atoms with Crippen LogP contribution in [0.25, 0.3) is 6.08 Å². The number of carboxylic acids is 1. The Labute approximate surface area is 92.4 Å². The van der Waals surface area contributed by atoms with Crippen molar-refractivity contribution in [2.75, 3.05) is 11.4 Å². The summed E-state index contributed by atoms with van der Waals surface area (Å²) in [6.07, 6.45) is 7.08. The van der Waals surface area contributed by atoms with Crippen LogP contribution in [-0.2, 0) is 4.79 Å². The first kappa shape index (κ1) is 9.33. The molecule has 16 heavy (non-hydrogen) atoms. The first-order chi connectivity index (χ1) is 7.75. The van der Waals surface area contributed by atoms with E-state index >= 15 is 0 Å². The number of aromatic nitrogens is 2. The number of anilines is 1. The van der Waals surface area contributed by atoms with Crippen LogP contribution >= 0.6 is 0 Å². The third kappa shape index (κ3) is 1.44. The molecular formula is C11H11N3O2. The summed E-state index contributed by atoms with van der Waals surface area (Å²) in [4.78, 5) is 21.3. The van der Waals surface area contributed by atoms with E-state index in [1.165, 1.54) is 6.33 Å². The van der Waals surface area contributed by atoms with Gasteiger partial charge in [0.05, 0.1) is 12.1 Å². The van der Waals surface area contributed by atoms with Gasteiger partial charge >= 0.3 is 5.97 Å². The summed E-state index contributed by atoms with van der Waals surface area (Å²) in [6, 6.07) is 0.455. The Morgan fingerprint density at radius 2 is 2.31 bits per heavy atom. The minimum atomic E-state index is -0.861. The largest absolute Gasteiger partial charge is 0.478 e. The van der Waals surface area contributed by atoms with Crippen LogP contribution < -0.4 is 4.90 Å². The standard InChI is InChI=1S/C11H11N3O2/c15-11(16)8-3-7-4-12-6-13-10(7)14(5-8)9-1-2-9/h3-4,6,9H,1-2,5H2,(H,15,16). The second-order valence-electron chi connectivity index (χ2n) is 4.14. The summed E-state index contributed by atoms with van der Waals surface area (Å²) >= 11 is 0. The molecule has 0 aromatic carbocycles. The summed E-state index contributed by atoms with van der Waals surface area (Å²) < 4.78 is 0. The van der Waals surface area contributed by atoms with E-state index < -0.39 is 5.97 Å². The van der Waals surface area contributed by atoms with Crippen LogP contribution in [0.4, 0.5) is 5.82 Å². The Hall–Kier alpha value is -1.91. The second kappa shape index (κ2) is 3.30. The zero-order chi connectivity index (χ0) is 11.1. The molecule has 2 heterocycles. The highest BCUT2D eigenvalue weighted by Gasteiger charge is 2.34. The van der Waals surface area contributed by atoms with Crippen LogP contribution in [0.3, 0.4) is 0 Å². The number of carbonyl (C=O) groups is 1. The van der Waals surface area contributed by atoms with Gasteiger partial charge in [-0.05, 0) is 18.9 Å². The molecule has 1 fully saturated rings. The number of hydrogen-bond acceptors (Lipinski definition) is 4. The van der Waals surface area contributed by atoms with Crippen LogP contribution in [0, 0.1) is 0 Å². The normalized spacial score (nSPS) is 19.0. The van der Waals surface area contributed by atoms with Gasteiger partial charge in [0.2, 0.25) is 0 Å². The van der Waals surface area contributed by atoms with Crippen molar-refractivity contribution in [1.29, 1.82) is 0 Å². The summed E-state index contributed by atoms with van der Waals surface area (Å²) in [7, 11) is 0. The molecule has 0 unspecified atom stereocenters. The predicted molar refractivity (Wildman–Crippen MR) is 58.0 cm³/mol. The molecule has 0 saturated heterocycles. The van der Waals surface area contributed by atoms with Crippen molar-refractivity contribution in [3.05, 3.63) is 23.7 Å². The Morgan fingerprint density at radius 1 is 1.50 bits per heavy atom. The fourth-order valence-corrected chi connectivity index (χ4v) is 1.99. The molecule has 1 aliphatic carbocycles. The molecule has 0 spiro atoms. The first-order valence-corrected chi connectivity index (χ1v) is 5.26. The molecule has 2 aliphatic rings. The summed E-state index contributed by atoms with van der Waals surface area (Å²) in [5.74, 6) is 0.00246. The van der Waals surface area contributed by atoms with Gasteiger partial charge in [-0.3, -0.25) is 0 Å². The second-order valence-corrected chi connectivity index (χ2v) is 4.14. The van der Waals surface area contributed by atoms with Crippen molar-refractivity contribution in [1.82, 2.24) is 9.97 Å². The highest BCUT2D eigenvalue weighted by atomic mass is 16.4. The van der Waals surface area contributed by atoms with E-state index in [1.54, 1.807) is 12.3 Å². The lowest BCUT2D eigenvalue weighted by molar-refractivity contribution is -0.132. The van der Waals surface area contributed by atoms with Crippen LogP contribution in [0.2, 0.25) is 0 Å². The summed E-state index contributed by atoms with van der Waals surface area (Å²) in [6.45, 7) is 0.448. The van der Waals surface area contributed by atoms with Gasteiger partial charge in [-0.1, -0.05) is 0 Å². The number of hydrogen-bond donors (Lipinski definition) is 1. The third-order valence-corrected chi connectivity index (χ3v) is 2.92. The predicted octanol–water partition coefficient (Wildman–Crippen LogP) is 0.927. The van der Waals surface area contributed by atoms with Gasteiger partial charge in [0.15, 0.2) is 0 Å². The smallest absolute Gasteiger partial charge is 0.333 e. The minimum Gasteiger partial charge on any atom is -0.478 e. The molecule has 0 bridgehead atoms. The zero-order valence-corrected chi connectivity index (χ0v) is 8.63. The fourth-order valence-electron chi connectivity index (χ4n) is 1.99. The van der Waals surface area contributed by atoms with E-state index in [-0.39, 0.29) is 0 Å². The van der Waals surface area contributed by atoms with Crippen LogP contribution in [-0.4, -0.2) is 33.6 Å². The number of rotatable bonds is 2. The van der Waals surface area contributed by atoms with E-state index in [1.807, 2.05) is 0 Å². The van der Waals surface area contributed by atoms with Crippen molar-refractivity contribution >= 4 is 17.9 Å². The quantitative estimate of drug-likeness (QED) is 0.798. The van der Waals surface area contributed by atoms with Gasteiger partial charge in [-0.2, -0.15) is 0 Å². The number of fused-ring (bicyclic) bond motifs is 1. The maximum absolute atomic E-state index is 11.0. The molecule has 82 valence electrons. The minimum absolute atomic E-state index is 0.411. The Kier molecular flexibility index (Phi) is 1.92. The lowest BCUT2D eigenvalue weighted by Crippen LogP contribution is -2.33. The van der Waals surface area contributed by atoms with E-state index in [0.717, 1.165) is 24.2 Å². The summed E-state index contributed by atoms with van der Waals surface area (Å²) in [5, 5.41) is 9.05. The first-order valence-electron chi connectivity index (χ1n) is 5.26. The van der Waals surface area contributed by atoms with E-state index in [9.17, 15) is 4.79 Å². The van der Waals surface area contributed by atoms with Crippen molar-refractivity contribution in [3.8, 4) is 0 Å². The van der Waals surface area contributed by atoms with Crippen LogP contribution in [0.15, 0.2) is 18.1 Å². The van der Waals surface area contributed by atoms with Gasteiger partial charge in [-0.15, -0.1) is 0 Å². The van der Waals surface area contributed by atoms with Gasteiger partial charge in [0, 0.05) is 17.8 Å². The highest BCUT2D eigenvalue weighted by molar-refractivity contribution is 5.95. The van der Waals surface area contributed by atoms with E-state index in [4.69, 9.17) is 5.11 Å². The number of nitrogens with zero attached hydrogens (tertiary/aromatic N) is 3. The van der Waals surface area contributed by atoms with Gasteiger partial charge in [-0.25, -0.2) is 14.8 Å². The molecule has 0 amide bonds. The molecule has 5 nitrogen and oxygen atoms in total. The van der Waals surface area contributed by atoms with Crippen molar-refractivity contribution < 1.29 is 9.90 Å². The van der Waals surface area contributed by atoms with Crippen molar-refractivity contribution in [3.63, 3.8) is 0 Å². The van der Waals surface area contributed by atoms with Gasteiger partial charge in [0.1, 0.15) is 12.1 Å². The topological polar surface area (TPSA) is 66.3 Å². The molecule has 1 aromatic rings. The Balaban J connectivity index is 2.06. The third-order valence-electron chi connectivity index (χ3n) is 2.92. The monoisotopic (exact) mass is 217 g/mol. The van der Waals surface area contributed by atoms with E-state index in [2.05, 4.69) is 14.9 Å². The maximum atomic E-state index is 11.0. The van der Waals surface area contributed by atoms with E-state index in [0.29, 0.717) is 18.2 Å². The molecule has 0 atom stereocenters. The van der Waals surface area contributed by atoms with Crippen LogP contribution in [0.1, 0.15) is 18.4 Å².